The molecule has 2 atom stereocenters. The van der Waals surface area contributed by atoms with Crippen LogP contribution in [-0.2, 0) is 9.59 Å². The van der Waals surface area contributed by atoms with Crippen LogP contribution in [0.15, 0.2) is 35.4 Å². The molecule has 0 spiro atoms. The van der Waals surface area contributed by atoms with Gasteiger partial charge in [-0.25, -0.2) is 5.01 Å². The zero-order chi connectivity index (χ0) is 15.5. The van der Waals surface area contributed by atoms with Crippen molar-refractivity contribution >= 4 is 23.2 Å². The molecule has 1 fully saturated rings. The summed E-state index contributed by atoms with van der Waals surface area (Å²) < 4.78 is 0. The third-order valence-corrected chi connectivity index (χ3v) is 4.04. The molecular formula is C16H19N3O3. The number of para-hydroxylation sites is 1. The fourth-order valence-electron chi connectivity index (χ4n) is 2.85. The maximum atomic E-state index is 12.3. The Kier molecular flexibility index (Phi) is 4.20. The van der Waals surface area contributed by atoms with Gasteiger partial charge in [0, 0.05) is 18.9 Å². The molecule has 0 saturated heterocycles. The Morgan fingerprint density at radius 3 is 2.68 bits per heavy atom. The molecule has 116 valence electrons. The zero-order valence-corrected chi connectivity index (χ0v) is 12.2. The van der Waals surface area contributed by atoms with Crippen LogP contribution < -0.4 is 10.3 Å². The minimum Gasteiger partial charge on any atom is -0.393 e. The maximum Gasteiger partial charge on any atom is 0.267 e. The van der Waals surface area contributed by atoms with Crippen LogP contribution in [0.4, 0.5) is 5.69 Å². The zero-order valence-electron chi connectivity index (χ0n) is 12.2. The van der Waals surface area contributed by atoms with Crippen molar-refractivity contribution in [2.75, 3.05) is 5.01 Å². The van der Waals surface area contributed by atoms with E-state index in [4.69, 9.17) is 0 Å². The lowest BCUT2D eigenvalue weighted by molar-refractivity contribution is -0.119. The Labute approximate surface area is 128 Å². The molecule has 0 aromatic heterocycles. The third kappa shape index (κ3) is 3.17. The van der Waals surface area contributed by atoms with E-state index < -0.39 is 0 Å². The number of aliphatic hydroxyl groups excluding tert-OH is 1. The van der Waals surface area contributed by atoms with Gasteiger partial charge in [-0.1, -0.05) is 18.2 Å². The van der Waals surface area contributed by atoms with Gasteiger partial charge < -0.3 is 10.4 Å². The first-order valence-electron chi connectivity index (χ1n) is 7.58. The molecule has 1 aromatic carbocycles. The van der Waals surface area contributed by atoms with Crippen molar-refractivity contribution < 1.29 is 14.7 Å². The minimum atomic E-state index is -0.332. The molecule has 1 aliphatic carbocycles. The number of hydrogen-bond donors (Lipinski definition) is 2. The summed E-state index contributed by atoms with van der Waals surface area (Å²) in [5, 5.41) is 17.9. The van der Waals surface area contributed by atoms with E-state index in [1.807, 2.05) is 18.2 Å². The highest BCUT2D eigenvalue weighted by Crippen LogP contribution is 2.21. The number of aliphatic hydroxyl groups is 1. The second kappa shape index (κ2) is 6.27. The van der Waals surface area contributed by atoms with Crippen molar-refractivity contribution in [3.05, 3.63) is 30.3 Å². The molecule has 0 radical (unpaired) electrons. The van der Waals surface area contributed by atoms with E-state index in [0.29, 0.717) is 30.7 Å². The largest absolute Gasteiger partial charge is 0.393 e. The van der Waals surface area contributed by atoms with Crippen molar-refractivity contribution in [2.45, 2.75) is 44.2 Å². The summed E-state index contributed by atoms with van der Waals surface area (Å²) in [6.07, 6.45) is 2.37. The Balaban J connectivity index is 1.73. The number of carbonyl (C=O) groups is 2. The van der Waals surface area contributed by atoms with E-state index >= 15 is 0 Å². The fourth-order valence-corrected chi connectivity index (χ4v) is 2.85. The number of rotatable bonds is 3. The Bertz CT molecular complexity index is 600. The van der Waals surface area contributed by atoms with E-state index in [1.165, 1.54) is 5.01 Å². The van der Waals surface area contributed by atoms with Gasteiger partial charge in [-0.15, -0.1) is 0 Å². The van der Waals surface area contributed by atoms with E-state index in [-0.39, 0.29) is 30.4 Å². The smallest absolute Gasteiger partial charge is 0.267 e. The van der Waals surface area contributed by atoms with Gasteiger partial charge >= 0.3 is 0 Å². The highest BCUT2D eigenvalue weighted by atomic mass is 16.3. The molecule has 1 heterocycles. The summed E-state index contributed by atoms with van der Waals surface area (Å²) in [6, 6.07) is 9.08. The van der Waals surface area contributed by atoms with E-state index in [0.717, 1.165) is 6.42 Å². The summed E-state index contributed by atoms with van der Waals surface area (Å²) in [6.45, 7) is 0. The van der Waals surface area contributed by atoms with E-state index in [1.54, 1.807) is 12.1 Å². The lowest BCUT2D eigenvalue weighted by atomic mass is 10.1. The quantitative estimate of drug-likeness (QED) is 0.880. The second-order valence-electron chi connectivity index (χ2n) is 5.73. The van der Waals surface area contributed by atoms with Crippen LogP contribution in [-0.4, -0.2) is 34.8 Å². The third-order valence-electron chi connectivity index (χ3n) is 4.04. The highest BCUT2D eigenvalue weighted by molar-refractivity contribution is 6.40. The number of benzene rings is 1. The molecule has 6 nitrogen and oxygen atoms in total. The number of amides is 2. The first-order chi connectivity index (χ1) is 10.6. The standard InChI is InChI=1S/C16H19N3O3/c20-13-7-6-11(10-13)17-16(22)14-8-9-15(21)19(18-14)12-4-2-1-3-5-12/h1-5,11,13,20H,6-10H2,(H,17,22)/t11-,13+/m0/s1. The Morgan fingerprint density at radius 1 is 1.23 bits per heavy atom. The van der Waals surface area contributed by atoms with Crippen molar-refractivity contribution in [3.8, 4) is 0 Å². The number of nitrogens with one attached hydrogen (secondary N) is 1. The lowest BCUT2D eigenvalue weighted by Gasteiger charge is -2.23. The molecule has 3 rings (SSSR count). The maximum absolute atomic E-state index is 12.3. The summed E-state index contributed by atoms with van der Waals surface area (Å²) in [7, 11) is 0. The van der Waals surface area contributed by atoms with Crippen molar-refractivity contribution in [2.24, 2.45) is 5.10 Å². The molecule has 1 aliphatic heterocycles. The predicted molar refractivity (Wildman–Crippen MR) is 82.4 cm³/mol. The normalized spacial score (nSPS) is 25.0. The predicted octanol–water partition coefficient (Wildman–Crippen LogP) is 1.20. The monoisotopic (exact) mass is 301 g/mol. The average molecular weight is 301 g/mol. The first-order valence-corrected chi connectivity index (χ1v) is 7.58. The van der Waals surface area contributed by atoms with Gasteiger partial charge in [0.25, 0.3) is 5.91 Å². The molecule has 2 amide bonds. The van der Waals surface area contributed by atoms with Gasteiger partial charge in [-0.3, -0.25) is 9.59 Å². The topological polar surface area (TPSA) is 82.0 Å². The molecule has 1 saturated carbocycles. The summed E-state index contributed by atoms with van der Waals surface area (Å²) in [5.41, 5.74) is 1.03. The van der Waals surface area contributed by atoms with Crippen LogP contribution in [0.3, 0.4) is 0 Å². The molecule has 2 aliphatic rings. The SMILES string of the molecule is O=C(N[C@H]1CC[C@@H](O)C1)C1=NN(c2ccccc2)C(=O)CC1. The van der Waals surface area contributed by atoms with Crippen molar-refractivity contribution in [3.63, 3.8) is 0 Å². The van der Waals surface area contributed by atoms with Gasteiger partial charge in [0.1, 0.15) is 5.71 Å². The molecular weight excluding hydrogens is 282 g/mol. The summed E-state index contributed by atoms with van der Waals surface area (Å²) in [4.78, 5) is 24.3. The minimum absolute atomic E-state index is 0.00648. The van der Waals surface area contributed by atoms with Gasteiger partial charge in [0.15, 0.2) is 0 Å². The van der Waals surface area contributed by atoms with Gasteiger partial charge in [0.2, 0.25) is 5.91 Å². The number of hydrazone groups is 1. The van der Waals surface area contributed by atoms with Gasteiger partial charge in [-0.2, -0.15) is 5.10 Å². The number of hydrogen-bond acceptors (Lipinski definition) is 4. The van der Waals surface area contributed by atoms with Crippen LogP contribution in [0.25, 0.3) is 0 Å². The van der Waals surface area contributed by atoms with Crippen molar-refractivity contribution in [1.82, 2.24) is 5.32 Å². The highest BCUT2D eigenvalue weighted by Gasteiger charge is 2.29. The summed E-state index contributed by atoms with van der Waals surface area (Å²) in [5.74, 6) is -0.355. The van der Waals surface area contributed by atoms with Crippen molar-refractivity contribution in [1.29, 1.82) is 0 Å². The fraction of sp³-hybridized carbons (Fsp3) is 0.438. The van der Waals surface area contributed by atoms with Crippen LogP contribution in [0.5, 0.6) is 0 Å². The molecule has 22 heavy (non-hydrogen) atoms. The second-order valence-corrected chi connectivity index (χ2v) is 5.73. The first kappa shape index (κ1) is 14.7. The summed E-state index contributed by atoms with van der Waals surface area (Å²) >= 11 is 0. The Hall–Kier alpha value is -2.21. The molecule has 0 unspecified atom stereocenters. The Morgan fingerprint density at radius 2 is 2.00 bits per heavy atom. The lowest BCUT2D eigenvalue weighted by Crippen LogP contribution is -2.42. The molecule has 2 N–H and O–H groups in total. The van der Waals surface area contributed by atoms with E-state index in [9.17, 15) is 14.7 Å². The molecule has 0 bridgehead atoms. The number of anilines is 1. The number of nitrogens with zero attached hydrogens (tertiary/aromatic N) is 2. The van der Waals surface area contributed by atoms with Gasteiger partial charge in [-0.05, 0) is 31.4 Å². The average Bonchev–Trinajstić information content (AvgIpc) is 2.93. The van der Waals surface area contributed by atoms with Crippen LogP contribution in [0.2, 0.25) is 0 Å². The van der Waals surface area contributed by atoms with Gasteiger partial charge in [0.05, 0.1) is 11.8 Å². The van der Waals surface area contributed by atoms with E-state index in [2.05, 4.69) is 10.4 Å². The van der Waals surface area contributed by atoms with Crippen LogP contribution in [0, 0.1) is 0 Å². The number of carbonyl (C=O) groups excluding carboxylic acids is 2. The van der Waals surface area contributed by atoms with Crippen LogP contribution in [0.1, 0.15) is 32.1 Å². The molecule has 6 heteroatoms. The van der Waals surface area contributed by atoms with Crippen LogP contribution >= 0.6 is 0 Å². The molecule has 1 aromatic rings.